The number of aryl methyl sites for hydroxylation is 1. The van der Waals surface area contributed by atoms with Crippen molar-refractivity contribution in [3.8, 4) is 17.3 Å². The third kappa shape index (κ3) is 4.48. The van der Waals surface area contributed by atoms with Gasteiger partial charge in [-0.1, -0.05) is 65.0 Å². The van der Waals surface area contributed by atoms with Crippen molar-refractivity contribution in [2.75, 3.05) is 5.32 Å². The summed E-state index contributed by atoms with van der Waals surface area (Å²) in [5, 5.41) is 17.8. The molecular weight excluding hydrogens is 584 g/mol. The second-order valence-electron chi connectivity index (χ2n) is 13.9. The molecule has 0 saturated heterocycles. The Kier molecular flexibility index (Phi) is 6.93. The Morgan fingerprint density at radius 2 is 1.83 bits per heavy atom. The lowest BCUT2D eigenvalue weighted by molar-refractivity contribution is -0.142. The van der Waals surface area contributed by atoms with Gasteiger partial charge in [-0.15, -0.1) is 0 Å². The van der Waals surface area contributed by atoms with E-state index < -0.39 is 34.6 Å². The molecule has 7 rings (SSSR count). The van der Waals surface area contributed by atoms with Crippen molar-refractivity contribution in [3.05, 3.63) is 82.8 Å². The number of nitrogens with one attached hydrogen (secondary N) is 2. The standard InChI is InChI=1S/C36H40N4O6/c1-7-35(43,8-2)26(41)17-21-15-20-13-14-25-23(16-20)36(22-11-9-10-12-24(22)38-33(36)45-25)29-27(31-37-19(3)18-44-31)39-32(46-29)28(34(4,5)6)40-30(21)42/h9-14,16,18,21,28,33,38,43H,7-8,15,17H2,1-6H3,(H,40,42)/t21?,28-,33+,36?/m1/s1. The number of oxazole rings is 2. The van der Waals surface area contributed by atoms with E-state index in [1.54, 1.807) is 20.1 Å². The van der Waals surface area contributed by atoms with E-state index in [1.807, 2.05) is 64.1 Å². The first-order chi connectivity index (χ1) is 21.9. The minimum atomic E-state index is -1.49. The summed E-state index contributed by atoms with van der Waals surface area (Å²) in [5.74, 6) is 0.394. The predicted molar refractivity (Wildman–Crippen MR) is 170 cm³/mol. The topological polar surface area (TPSA) is 140 Å². The van der Waals surface area contributed by atoms with Crippen LogP contribution >= 0.6 is 0 Å². The van der Waals surface area contributed by atoms with Gasteiger partial charge in [0.2, 0.25) is 17.7 Å². The zero-order chi connectivity index (χ0) is 32.6. The van der Waals surface area contributed by atoms with Crippen LogP contribution in [0, 0.1) is 18.3 Å². The Bertz CT molecular complexity index is 1850. The molecule has 4 atom stereocenters. The van der Waals surface area contributed by atoms with Crippen molar-refractivity contribution >= 4 is 17.4 Å². The molecule has 1 spiro atoms. The van der Waals surface area contributed by atoms with Crippen LogP contribution in [0.15, 0.2) is 57.6 Å². The van der Waals surface area contributed by atoms with Gasteiger partial charge in [0.15, 0.2) is 23.5 Å². The van der Waals surface area contributed by atoms with Crippen LogP contribution in [0.3, 0.4) is 0 Å². The largest absolute Gasteiger partial charge is 0.469 e. The Morgan fingerprint density at radius 1 is 1.07 bits per heavy atom. The molecule has 2 aromatic carbocycles. The molecule has 3 aliphatic heterocycles. The molecule has 10 nitrogen and oxygen atoms in total. The lowest BCUT2D eigenvalue weighted by atomic mass is 9.72. The number of rotatable bonds is 6. The Balaban J connectivity index is 1.49. The SMILES string of the molecule is CCC(O)(CC)C(=O)CC1Cc2ccc3c(c2)C2(c4ccccc4N[C@H]2O3)c2oc(nc2-c2nc(C)co2)[C@H](C(C)(C)C)NC1=O. The third-order valence-corrected chi connectivity index (χ3v) is 9.94. The summed E-state index contributed by atoms with van der Waals surface area (Å²) in [6.07, 6.45) is 1.75. The molecule has 1 amide bonds. The molecule has 3 N–H and O–H groups in total. The van der Waals surface area contributed by atoms with Gasteiger partial charge in [0, 0.05) is 23.6 Å². The molecular formula is C36H40N4O6. The number of benzene rings is 2. The second-order valence-corrected chi connectivity index (χ2v) is 13.9. The van der Waals surface area contributed by atoms with E-state index in [0.29, 0.717) is 41.1 Å². The highest BCUT2D eigenvalue weighted by atomic mass is 16.5. The van der Waals surface area contributed by atoms with Gasteiger partial charge in [-0.25, -0.2) is 9.97 Å². The second kappa shape index (κ2) is 10.6. The van der Waals surface area contributed by atoms with E-state index in [9.17, 15) is 14.7 Å². The molecule has 0 aliphatic carbocycles. The van der Waals surface area contributed by atoms with Crippen molar-refractivity contribution in [1.82, 2.24) is 15.3 Å². The molecule has 0 saturated carbocycles. The zero-order valence-corrected chi connectivity index (χ0v) is 27.1. The number of anilines is 1. The fourth-order valence-corrected chi connectivity index (χ4v) is 7.20. The maximum absolute atomic E-state index is 14.2. The third-order valence-electron chi connectivity index (χ3n) is 9.94. The number of hydrogen-bond acceptors (Lipinski definition) is 9. The summed E-state index contributed by atoms with van der Waals surface area (Å²) >= 11 is 0. The normalized spacial score (nSPS) is 23.4. The predicted octanol–water partition coefficient (Wildman–Crippen LogP) is 6.00. The van der Waals surface area contributed by atoms with Gasteiger partial charge in [-0.2, -0.15) is 0 Å². The number of hydrogen-bond donors (Lipinski definition) is 3. The first-order valence-electron chi connectivity index (χ1n) is 16.0. The highest BCUT2D eigenvalue weighted by molar-refractivity contribution is 5.92. The van der Waals surface area contributed by atoms with Gasteiger partial charge >= 0.3 is 0 Å². The van der Waals surface area contributed by atoms with Crippen LogP contribution in [-0.2, 0) is 21.4 Å². The number of nitrogens with zero attached hydrogens (tertiary/aromatic N) is 2. The van der Waals surface area contributed by atoms with Crippen LogP contribution in [0.1, 0.15) is 94.0 Å². The highest BCUT2D eigenvalue weighted by Crippen LogP contribution is 2.59. The smallest absolute Gasteiger partial charge is 0.249 e. The average Bonchev–Trinajstić information content (AvgIpc) is 3.79. The van der Waals surface area contributed by atoms with Crippen LogP contribution in [0.25, 0.3) is 11.6 Å². The van der Waals surface area contributed by atoms with Gasteiger partial charge in [0.1, 0.15) is 29.1 Å². The number of amides is 1. The lowest BCUT2D eigenvalue weighted by Crippen LogP contribution is -2.44. The molecule has 2 unspecified atom stereocenters. The van der Waals surface area contributed by atoms with Gasteiger partial charge in [0.25, 0.3) is 0 Å². The maximum atomic E-state index is 14.2. The molecule has 46 heavy (non-hydrogen) atoms. The number of para-hydroxylation sites is 1. The fraction of sp³-hybridized carbons (Fsp3) is 0.444. The van der Waals surface area contributed by atoms with Gasteiger partial charge in [0.05, 0.1) is 5.69 Å². The number of aromatic nitrogens is 2. The summed E-state index contributed by atoms with van der Waals surface area (Å²) in [5.41, 5.74) is 1.71. The van der Waals surface area contributed by atoms with E-state index in [0.717, 1.165) is 22.4 Å². The Morgan fingerprint density at radius 3 is 2.52 bits per heavy atom. The van der Waals surface area contributed by atoms with E-state index in [2.05, 4.69) is 21.7 Å². The number of aliphatic hydroxyl groups is 1. The van der Waals surface area contributed by atoms with E-state index in [4.69, 9.17) is 18.6 Å². The molecule has 5 heterocycles. The maximum Gasteiger partial charge on any atom is 0.249 e. The van der Waals surface area contributed by atoms with E-state index in [1.165, 1.54) is 0 Å². The number of fused-ring (bicyclic) bond motifs is 4. The number of carbonyl (C=O) groups excluding carboxylic acids is 2. The Labute approximate surface area is 268 Å². The molecule has 2 aromatic heterocycles. The van der Waals surface area contributed by atoms with Crippen LogP contribution in [-0.4, -0.2) is 38.6 Å². The summed E-state index contributed by atoms with van der Waals surface area (Å²) in [6.45, 7) is 11.4. The van der Waals surface area contributed by atoms with Crippen molar-refractivity contribution < 1.29 is 28.3 Å². The van der Waals surface area contributed by atoms with Crippen molar-refractivity contribution in [2.24, 2.45) is 11.3 Å². The minimum absolute atomic E-state index is 0.107. The summed E-state index contributed by atoms with van der Waals surface area (Å²) in [4.78, 5) is 37.4. The molecule has 4 bridgehead atoms. The first kappa shape index (κ1) is 30.2. The molecule has 240 valence electrons. The lowest BCUT2D eigenvalue weighted by Gasteiger charge is -2.32. The average molecular weight is 625 g/mol. The molecule has 0 radical (unpaired) electrons. The number of carbonyl (C=O) groups is 2. The van der Waals surface area contributed by atoms with E-state index >= 15 is 0 Å². The van der Waals surface area contributed by atoms with Crippen molar-refractivity contribution in [2.45, 2.75) is 90.5 Å². The fourth-order valence-electron chi connectivity index (χ4n) is 7.20. The monoisotopic (exact) mass is 624 g/mol. The van der Waals surface area contributed by atoms with Crippen LogP contribution in [0.4, 0.5) is 5.69 Å². The summed E-state index contributed by atoms with van der Waals surface area (Å²) in [6, 6.07) is 13.3. The van der Waals surface area contributed by atoms with E-state index in [-0.39, 0.29) is 31.0 Å². The number of Topliss-reactive ketones (excluding diaryl/α,β-unsaturated/α-hetero) is 1. The zero-order valence-electron chi connectivity index (χ0n) is 27.1. The van der Waals surface area contributed by atoms with Gasteiger partial charge in [-0.05, 0) is 54.9 Å². The number of ether oxygens (including phenoxy) is 1. The first-order valence-corrected chi connectivity index (χ1v) is 16.0. The Hall–Kier alpha value is -4.44. The molecule has 0 fully saturated rings. The summed E-state index contributed by atoms with van der Waals surface area (Å²) in [7, 11) is 0. The summed E-state index contributed by atoms with van der Waals surface area (Å²) < 4.78 is 19.4. The van der Waals surface area contributed by atoms with Crippen LogP contribution in [0.5, 0.6) is 5.75 Å². The number of ketones is 1. The van der Waals surface area contributed by atoms with Crippen LogP contribution in [0.2, 0.25) is 0 Å². The quantitative estimate of drug-likeness (QED) is 0.236. The highest BCUT2D eigenvalue weighted by Gasteiger charge is 2.61. The molecule has 4 aromatic rings. The van der Waals surface area contributed by atoms with Crippen LogP contribution < -0.4 is 15.4 Å². The van der Waals surface area contributed by atoms with Crippen molar-refractivity contribution in [1.29, 1.82) is 0 Å². The van der Waals surface area contributed by atoms with Gasteiger partial charge < -0.3 is 29.3 Å². The van der Waals surface area contributed by atoms with Crippen molar-refractivity contribution in [3.63, 3.8) is 0 Å². The minimum Gasteiger partial charge on any atom is -0.469 e. The molecule has 3 aliphatic rings. The van der Waals surface area contributed by atoms with Gasteiger partial charge in [-0.3, -0.25) is 9.59 Å². The molecule has 10 heteroatoms.